The number of benzene rings is 1. The molecule has 2 N–H and O–H groups in total. The summed E-state index contributed by atoms with van der Waals surface area (Å²) in [6.45, 7) is 7.90. The first-order valence-electron chi connectivity index (χ1n) is 8.10. The highest BCUT2D eigenvalue weighted by Crippen LogP contribution is 2.11. The minimum Gasteiger partial charge on any atom is -0.492 e. The normalized spacial score (nSPS) is 11.3. The van der Waals surface area contributed by atoms with Crippen LogP contribution in [-0.4, -0.2) is 36.8 Å². The van der Waals surface area contributed by atoms with E-state index in [1.807, 2.05) is 42.7 Å². The van der Waals surface area contributed by atoms with Crippen LogP contribution in [0, 0.1) is 6.92 Å². The van der Waals surface area contributed by atoms with E-state index in [1.54, 1.807) is 0 Å². The number of nitrogens with zero attached hydrogens (tertiary/aromatic N) is 2. The highest BCUT2D eigenvalue weighted by Gasteiger charge is 1.98. The molecule has 2 rings (SSSR count). The number of rotatable bonds is 8. The summed E-state index contributed by atoms with van der Waals surface area (Å²) in [5.74, 6) is 1.73. The van der Waals surface area contributed by atoms with Crippen molar-refractivity contribution in [1.82, 2.24) is 15.2 Å². The molecule has 124 valence electrons. The Bertz CT molecular complexity index is 593. The van der Waals surface area contributed by atoms with Crippen molar-refractivity contribution in [2.45, 2.75) is 20.4 Å². The molecule has 0 bridgehead atoms. The summed E-state index contributed by atoms with van der Waals surface area (Å²) in [5.41, 5.74) is 1.20. The van der Waals surface area contributed by atoms with Crippen LogP contribution < -0.4 is 15.4 Å². The molecule has 0 fully saturated rings. The second kappa shape index (κ2) is 9.56. The second-order valence-corrected chi connectivity index (χ2v) is 5.27. The Morgan fingerprint density at radius 2 is 2.00 bits per heavy atom. The third-order valence-corrected chi connectivity index (χ3v) is 3.29. The third-order valence-electron chi connectivity index (χ3n) is 3.29. The smallest absolute Gasteiger partial charge is 0.191 e. The fourth-order valence-corrected chi connectivity index (χ4v) is 2.18. The van der Waals surface area contributed by atoms with Gasteiger partial charge in [-0.2, -0.15) is 0 Å². The maximum Gasteiger partial charge on any atom is 0.191 e. The molecule has 2 aromatic rings. The molecule has 0 aliphatic carbocycles. The van der Waals surface area contributed by atoms with Gasteiger partial charge in [0.25, 0.3) is 0 Å². The first-order valence-corrected chi connectivity index (χ1v) is 8.10. The van der Waals surface area contributed by atoms with Gasteiger partial charge in [0.1, 0.15) is 12.4 Å². The minimum absolute atomic E-state index is 0.603. The number of nitrogens with one attached hydrogen (secondary N) is 2. The molecule has 0 amide bonds. The lowest BCUT2D eigenvalue weighted by Crippen LogP contribution is -2.39. The van der Waals surface area contributed by atoms with E-state index < -0.39 is 0 Å². The van der Waals surface area contributed by atoms with Gasteiger partial charge in [0, 0.05) is 25.5 Å². The Hall–Kier alpha value is -2.43. The van der Waals surface area contributed by atoms with E-state index in [0.717, 1.165) is 31.3 Å². The standard InChI is InChI=1S/C18H26N4O/c1-3-19-18(20-9-13-22-11-4-5-12-22)21-10-14-23-17-8-6-7-16(2)15-17/h4-8,11-12,15H,3,9-10,13-14H2,1-2H3,(H2,19,20,21). The fraction of sp³-hybridized carbons (Fsp3) is 0.389. The van der Waals surface area contributed by atoms with Crippen molar-refractivity contribution < 1.29 is 4.74 Å². The molecule has 0 aliphatic heterocycles. The highest BCUT2D eigenvalue weighted by molar-refractivity contribution is 5.79. The van der Waals surface area contributed by atoms with Crippen molar-refractivity contribution in [2.24, 2.45) is 4.99 Å². The van der Waals surface area contributed by atoms with Crippen molar-refractivity contribution in [3.05, 3.63) is 54.4 Å². The largest absolute Gasteiger partial charge is 0.492 e. The monoisotopic (exact) mass is 314 g/mol. The maximum atomic E-state index is 5.73. The number of hydrogen-bond donors (Lipinski definition) is 2. The van der Waals surface area contributed by atoms with Crippen LogP contribution in [0.5, 0.6) is 5.75 Å². The molecule has 23 heavy (non-hydrogen) atoms. The average Bonchev–Trinajstić information content (AvgIpc) is 3.05. The van der Waals surface area contributed by atoms with Crippen molar-refractivity contribution >= 4 is 5.96 Å². The molecular formula is C18H26N4O. The predicted molar refractivity (Wildman–Crippen MR) is 95.1 cm³/mol. The van der Waals surface area contributed by atoms with Gasteiger partial charge >= 0.3 is 0 Å². The minimum atomic E-state index is 0.603. The summed E-state index contributed by atoms with van der Waals surface area (Å²) < 4.78 is 7.85. The quantitative estimate of drug-likeness (QED) is 0.447. The Morgan fingerprint density at radius 3 is 2.74 bits per heavy atom. The van der Waals surface area contributed by atoms with Crippen molar-refractivity contribution in [2.75, 3.05) is 26.2 Å². The SMILES string of the molecule is CCNC(=NCCn1cccc1)NCCOc1cccc(C)c1. The van der Waals surface area contributed by atoms with E-state index in [4.69, 9.17) is 4.74 Å². The number of ether oxygens (including phenoxy) is 1. The summed E-state index contributed by atoms with van der Waals surface area (Å²) in [4.78, 5) is 4.57. The maximum absolute atomic E-state index is 5.73. The zero-order chi connectivity index (χ0) is 16.3. The van der Waals surface area contributed by atoms with Crippen LogP contribution in [0.4, 0.5) is 0 Å². The average molecular weight is 314 g/mol. The van der Waals surface area contributed by atoms with E-state index in [2.05, 4.69) is 40.1 Å². The Labute approximate surface area is 138 Å². The lowest BCUT2D eigenvalue weighted by molar-refractivity contribution is 0.321. The van der Waals surface area contributed by atoms with Gasteiger partial charge in [-0.3, -0.25) is 4.99 Å². The van der Waals surface area contributed by atoms with Crippen LogP contribution in [0.1, 0.15) is 12.5 Å². The molecule has 1 aromatic heterocycles. The lowest BCUT2D eigenvalue weighted by atomic mass is 10.2. The number of aromatic nitrogens is 1. The molecule has 0 saturated heterocycles. The second-order valence-electron chi connectivity index (χ2n) is 5.27. The van der Waals surface area contributed by atoms with E-state index >= 15 is 0 Å². The molecule has 0 atom stereocenters. The molecule has 5 heteroatoms. The van der Waals surface area contributed by atoms with Gasteiger partial charge in [0.05, 0.1) is 13.1 Å². The topological polar surface area (TPSA) is 50.6 Å². The van der Waals surface area contributed by atoms with Gasteiger partial charge in [0.2, 0.25) is 0 Å². The van der Waals surface area contributed by atoms with E-state index in [0.29, 0.717) is 13.2 Å². The zero-order valence-corrected chi connectivity index (χ0v) is 14.0. The summed E-state index contributed by atoms with van der Waals surface area (Å²) in [5, 5.41) is 6.53. The lowest BCUT2D eigenvalue weighted by Gasteiger charge is -2.12. The summed E-state index contributed by atoms with van der Waals surface area (Å²) >= 11 is 0. The molecule has 0 saturated carbocycles. The van der Waals surface area contributed by atoms with Gasteiger partial charge in [-0.15, -0.1) is 0 Å². The molecular weight excluding hydrogens is 288 g/mol. The first kappa shape index (κ1) is 16.9. The van der Waals surface area contributed by atoms with E-state index in [-0.39, 0.29) is 0 Å². The van der Waals surface area contributed by atoms with Crippen LogP contribution in [0.2, 0.25) is 0 Å². The van der Waals surface area contributed by atoms with Gasteiger partial charge in [0.15, 0.2) is 5.96 Å². The highest BCUT2D eigenvalue weighted by atomic mass is 16.5. The van der Waals surface area contributed by atoms with E-state index in [1.165, 1.54) is 5.56 Å². The Balaban J connectivity index is 1.71. The van der Waals surface area contributed by atoms with E-state index in [9.17, 15) is 0 Å². The first-order chi connectivity index (χ1) is 11.3. The zero-order valence-electron chi connectivity index (χ0n) is 14.0. The molecule has 1 aromatic carbocycles. The van der Waals surface area contributed by atoms with Crippen LogP contribution in [0.15, 0.2) is 53.8 Å². The Kier molecular flexibility index (Phi) is 7.04. The van der Waals surface area contributed by atoms with Gasteiger partial charge in [-0.05, 0) is 43.7 Å². The molecule has 0 spiro atoms. The summed E-state index contributed by atoms with van der Waals surface area (Å²) in [6, 6.07) is 12.1. The van der Waals surface area contributed by atoms with Crippen LogP contribution in [-0.2, 0) is 6.54 Å². The van der Waals surface area contributed by atoms with Crippen molar-refractivity contribution in [3.8, 4) is 5.75 Å². The molecule has 5 nitrogen and oxygen atoms in total. The fourth-order valence-electron chi connectivity index (χ4n) is 2.18. The summed E-state index contributed by atoms with van der Waals surface area (Å²) in [6.07, 6.45) is 4.09. The number of aryl methyl sites for hydroxylation is 1. The predicted octanol–water partition coefficient (Wildman–Crippen LogP) is 2.43. The van der Waals surface area contributed by atoms with Crippen molar-refractivity contribution in [3.63, 3.8) is 0 Å². The van der Waals surface area contributed by atoms with Crippen LogP contribution in [0.25, 0.3) is 0 Å². The third kappa shape index (κ3) is 6.46. The number of aliphatic imine (C=N–C) groups is 1. The number of hydrogen-bond acceptors (Lipinski definition) is 2. The van der Waals surface area contributed by atoms with Crippen molar-refractivity contribution in [1.29, 1.82) is 0 Å². The number of guanidine groups is 1. The Morgan fingerprint density at radius 1 is 1.17 bits per heavy atom. The molecule has 0 unspecified atom stereocenters. The van der Waals surface area contributed by atoms with Gasteiger partial charge in [-0.25, -0.2) is 0 Å². The van der Waals surface area contributed by atoms with Crippen LogP contribution >= 0.6 is 0 Å². The molecule has 1 heterocycles. The molecule has 0 aliphatic rings. The van der Waals surface area contributed by atoms with Gasteiger partial charge < -0.3 is 19.9 Å². The summed E-state index contributed by atoms with van der Waals surface area (Å²) in [7, 11) is 0. The van der Waals surface area contributed by atoms with Crippen LogP contribution in [0.3, 0.4) is 0 Å². The molecule has 0 radical (unpaired) electrons. The van der Waals surface area contributed by atoms with Gasteiger partial charge in [-0.1, -0.05) is 12.1 Å².